The van der Waals surface area contributed by atoms with Gasteiger partial charge in [-0.15, -0.1) is 0 Å². The van der Waals surface area contributed by atoms with E-state index in [1.54, 1.807) is 6.08 Å². The first kappa shape index (κ1) is 15.5. The van der Waals surface area contributed by atoms with Crippen molar-refractivity contribution in [3.05, 3.63) is 11.7 Å². The molecule has 2 rings (SSSR count). The van der Waals surface area contributed by atoms with Gasteiger partial charge in [-0.3, -0.25) is 0 Å². The zero-order chi connectivity index (χ0) is 14.8. The summed E-state index contributed by atoms with van der Waals surface area (Å²) in [6.45, 7) is 8.86. The number of hydrogen-bond donors (Lipinski definition) is 2. The van der Waals surface area contributed by atoms with Gasteiger partial charge in [0.15, 0.2) is 0 Å². The van der Waals surface area contributed by atoms with Gasteiger partial charge in [-0.2, -0.15) is 0 Å². The van der Waals surface area contributed by atoms with Crippen LogP contribution in [0.2, 0.25) is 0 Å². The molecule has 2 N–H and O–H groups in total. The van der Waals surface area contributed by atoms with E-state index < -0.39 is 7.12 Å². The molecule has 0 aromatic heterocycles. The Morgan fingerprint density at radius 2 is 1.85 bits per heavy atom. The maximum absolute atomic E-state index is 7.32. The average Bonchev–Trinajstić information content (AvgIpc) is 2.59. The van der Waals surface area contributed by atoms with Crippen LogP contribution in [0.3, 0.4) is 0 Å². The summed E-state index contributed by atoms with van der Waals surface area (Å²) < 4.78 is 17.7. The maximum Gasteiger partial charge on any atom is 0.511 e. The second-order valence-corrected chi connectivity index (χ2v) is 6.38. The van der Waals surface area contributed by atoms with Crippen molar-refractivity contribution in [3.63, 3.8) is 0 Å². The minimum Gasteiger partial charge on any atom is -0.398 e. The molecule has 0 aromatic carbocycles. The van der Waals surface area contributed by atoms with E-state index in [4.69, 9.17) is 19.5 Å². The molecule has 0 radical (unpaired) electrons. The molecule has 1 unspecified atom stereocenters. The zero-order valence-electron chi connectivity index (χ0n) is 12.9. The summed E-state index contributed by atoms with van der Waals surface area (Å²) in [6, 6.07) is 0. The van der Waals surface area contributed by atoms with Crippen molar-refractivity contribution in [3.8, 4) is 0 Å². The van der Waals surface area contributed by atoms with Crippen molar-refractivity contribution < 1.29 is 14.0 Å². The molecule has 0 aromatic rings. The normalized spacial score (nSPS) is 29.3. The largest absolute Gasteiger partial charge is 0.511 e. The van der Waals surface area contributed by atoms with Gasteiger partial charge in [0, 0.05) is 18.4 Å². The van der Waals surface area contributed by atoms with E-state index in [9.17, 15) is 0 Å². The molecule has 20 heavy (non-hydrogen) atoms. The molecule has 6 heteroatoms. The monoisotopic (exact) mass is 280 g/mol. The summed E-state index contributed by atoms with van der Waals surface area (Å²) in [7, 11) is -0.480. The third-order valence-corrected chi connectivity index (χ3v) is 4.28. The van der Waals surface area contributed by atoms with E-state index >= 15 is 0 Å². The Bertz CT molecular complexity index is 374. The Labute approximate surface area is 121 Å². The molecule has 0 spiro atoms. The molecule has 5 nitrogen and oxygen atoms in total. The zero-order valence-corrected chi connectivity index (χ0v) is 12.9. The van der Waals surface area contributed by atoms with Gasteiger partial charge in [-0.1, -0.05) is 0 Å². The van der Waals surface area contributed by atoms with Gasteiger partial charge in [0.25, 0.3) is 0 Å². The summed E-state index contributed by atoms with van der Waals surface area (Å²) >= 11 is 0. The second kappa shape index (κ2) is 5.88. The molecule has 0 bridgehead atoms. The highest BCUT2D eigenvalue weighted by Crippen LogP contribution is 2.38. The van der Waals surface area contributed by atoms with Crippen molar-refractivity contribution in [2.24, 2.45) is 0 Å². The number of hydrogen-bond acceptors (Lipinski definition) is 5. The van der Waals surface area contributed by atoms with Crippen molar-refractivity contribution >= 4 is 13.3 Å². The van der Waals surface area contributed by atoms with E-state index in [2.05, 4.69) is 5.32 Å². The van der Waals surface area contributed by atoms with Crippen LogP contribution in [0.5, 0.6) is 0 Å². The van der Waals surface area contributed by atoms with Crippen LogP contribution in [0.1, 0.15) is 47.0 Å². The predicted molar refractivity (Wildman–Crippen MR) is 79.7 cm³/mol. The number of nitrogens with one attached hydrogen (secondary N) is 2. The lowest BCUT2D eigenvalue weighted by Crippen LogP contribution is -2.41. The minimum absolute atomic E-state index is 0.0195. The number of allylic oxidation sites excluding steroid dienone is 1. The predicted octanol–water partition coefficient (Wildman–Crippen LogP) is 2.27. The lowest BCUT2D eigenvalue weighted by molar-refractivity contribution is 0.00160. The maximum atomic E-state index is 7.32. The van der Waals surface area contributed by atoms with Crippen LogP contribution >= 0.6 is 0 Å². The molecule has 0 aliphatic carbocycles. The van der Waals surface area contributed by atoms with Crippen LogP contribution in [0.25, 0.3) is 0 Å². The van der Waals surface area contributed by atoms with Gasteiger partial charge in [-0.25, -0.2) is 0 Å². The summed E-state index contributed by atoms with van der Waals surface area (Å²) in [5.74, 6) is 0. The summed E-state index contributed by atoms with van der Waals surface area (Å²) in [5, 5.41) is 10.6. The highest BCUT2D eigenvalue weighted by atomic mass is 16.7. The van der Waals surface area contributed by atoms with Crippen LogP contribution in [0, 0.1) is 5.41 Å². The summed E-state index contributed by atoms with van der Waals surface area (Å²) in [5.41, 5.74) is -0.00699. The van der Waals surface area contributed by atoms with Crippen molar-refractivity contribution in [1.82, 2.24) is 5.32 Å². The Morgan fingerprint density at radius 1 is 1.20 bits per heavy atom. The number of ether oxygens (including phenoxy) is 1. The van der Waals surface area contributed by atoms with Crippen LogP contribution in [0.4, 0.5) is 0 Å². The van der Waals surface area contributed by atoms with Crippen LogP contribution in [0.15, 0.2) is 11.7 Å². The molecule has 0 saturated carbocycles. The Kier molecular flexibility index (Phi) is 4.57. The van der Waals surface area contributed by atoms with Gasteiger partial charge in [0.1, 0.15) is 6.23 Å². The van der Waals surface area contributed by atoms with Gasteiger partial charge < -0.3 is 24.8 Å². The van der Waals surface area contributed by atoms with Gasteiger partial charge in [0.05, 0.1) is 11.2 Å². The van der Waals surface area contributed by atoms with E-state index in [1.165, 1.54) is 6.21 Å². The van der Waals surface area contributed by atoms with Crippen molar-refractivity contribution in [2.45, 2.75) is 64.4 Å². The fourth-order valence-electron chi connectivity index (χ4n) is 2.29. The van der Waals surface area contributed by atoms with Crippen molar-refractivity contribution in [2.75, 3.05) is 6.61 Å². The fraction of sp³-hybridized carbons (Fsp3) is 0.786. The molecule has 0 amide bonds. The second-order valence-electron chi connectivity index (χ2n) is 6.38. The number of rotatable bonds is 4. The molecule has 2 fully saturated rings. The summed E-state index contributed by atoms with van der Waals surface area (Å²) in [6.07, 6.45) is 6.14. The SMILES string of the molecule is CC1(C)OB(/C(=C/C=N)NC2CCCCO2)OC1(C)C. The average molecular weight is 280 g/mol. The van der Waals surface area contributed by atoms with E-state index in [0.29, 0.717) is 0 Å². The topological polar surface area (TPSA) is 63.6 Å². The molecular formula is C14H25BN2O3. The quantitative estimate of drug-likeness (QED) is 0.612. The van der Waals surface area contributed by atoms with E-state index in [-0.39, 0.29) is 17.4 Å². The van der Waals surface area contributed by atoms with E-state index in [0.717, 1.165) is 31.5 Å². The van der Waals surface area contributed by atoms with Crippen LogP contribution in [-0.2, 0) is 14.0 Å². The standard InChI is InChI=1S/C14H25BN2O3/c1-13(2)14(3,4)20-15(19-13)11(8-9-16)17-12-7-5-6-10-18-12/h8-9,12,16-17H,5-7,10H2,1-4H3/b11-8-,16-9?. The third-order valence-electron chi connectivity index (χ3n) is 4.28. The molecule has 2 aliphatic rings. The summed E-state index contributed by atoms with van der Waals surface area (Å²) in [4.78, 5) is 0. The Morgan fingerprint density at radius 3 is 2.35 bits per heavy atom. The minimum atomic E-state index is -0.480. The smallest absolute Gasteiger partial charge is 0.398 e. The van der Waals surface area contributed by atoms with Gasteiger partial charge in [-0.05, 0) is 53.0 Å². The van der Waals surface area contributed by atoms with Crippen LogP contribution in [-0.4, -0.2) is 37.4 Å². The molecule has 112 valence electrons. The molecule has 2 heterocycles. The highest BCUT2D eigenvalue weighted by Gasteiger charge is 2.52. The Hall–Kier alpha value is -0.845. The Balaban J connectivity index is 2.06. The lowest BCUT2D eigenvalue weighted by atomic mass is 9.83. The lowest BCUT2D eigenvalue weighted by Gasteiger charge is -2.32. The van der Waals surface area contributed by atoms with Crippen LogP contribution < -0.4 is 5.32 Å². The highest BCUT2D eigenvalue weighted by molar-refractivity contribution is 6.54. The van der Waals surface area contributed by atoms with Gasteiger partial charge >= 0.3 is 7.12 Å². The first-order valence-corrected chi connectivity index (χ1v) is 7.30. The van der Waals surface area contributed by atoms with Crippen molar-refractivity contribution in [1.29, 1.82) is 5.41 Å². The molecule has 1 atom stereocenters. The molecule has 2 aliphatic heterocycles. The van der Waals surface area contributed by atoms with Gasteiger partial charge in [0.2, 0.25) is 0 Å². The first-order chi connectivity index (χ1) is 9.36. The first-order valence-electron chi connectivity index (χ1n) is 7.30. The molecule has 2 saturated heterocycles. The third kappa shape index (κ3) is 3.24. The van der Waals surface area contributed by atoms with E-state index in [1.807, 2.05) is 27.7 Å². The molecular weight excluding hydrogens is 255 g/mol. The fourth-order valence-corrected chi connectivity index (χ4v) is 2.29.